The first-order chi connectivity index (χ1) is 13.5. The van der Waals surface area contributed by atoms with E-state index in [4.69, 9.17) is 38.0 Å². The number of methoxy groups -OCH3 is 1. The minimum absolute atomic E-state index is 0.185. The first-order valence-corrected chi connectivity index (χ1v) is 10.1. The van der Waals surface area contributed by atoms with Crippen LogP contribution in [-0.4, -0.2) is 30.6 Å². The van der Waals surface area contributed by atoms with Crippen LogP contribution in [0.1, 0.15) is 12.0 Å². The van der Waals surface area contributed by atoms with E-state index < -0.39 is 0 Å². The van der Waals surface area contributed by atoms with Crippen LogP contribution < -0.4 is 19.5 Å². The van der Waals surface area contributed by atoms with Crippen LogP contribution in [0.4, 0.5) is 0 Å². The number of carbonyl (C=O) groups excluding carboxylic acids is 1. The molecule has 0 saturated carbocycles. The highest BCUT2D eigenvalue weighted by molar-refractivity contribution is 8.26. The Morgan fingerprint density at radius 1 is 1.11 bits per heavy atom. The van der Waals surface area contributed by atoms with Gasteiger partial charge in [0.05, 0.1) is 25.2 Å². The molecule has 28 heavy (non-hydrogen) atoms. The fourth-order valence-corrected chi connectivity index (χ4v) is 3.60. The third-order valence-electron chi connectivity index (χ3n) is 3.76. The molecule has 3 rings (SSSR count). The summed E-state index contributed by atoms with van der Waals surface area (Å²) in [6.07, 6.45) is 2.48. The number of hydrogen-bond acceptors (Lipinski definition) is 6. The smallest absolute Gasteiger partial charge is 0.263 e. The summed E-state index contributed by atoms with van der Waals surface area (Å²) in [5, 5.41) is 3.27. The summed E-state index contributed by atoms with van der Waals surface area (Å²) in [4.78, 5) is 12.3. The van der Waals surface area contributed by atoms with Crippen LogP contribution in [0.15, 0.2) is 47.4 Å². The quantitative estimate of drug-likeness (QED) is 0.369. The predicted octanol–water partition coefficient (Wildman–Crippen LogP) is 4.69. The number of nitrogens with one attached hydrogen (secondary N) is 1. The van der Waals surface area contributed by atoms with E-state index in [0.717, 1.165) is 11.3 Å². The average Bonchev–Trinajstić information content (AvgIpc) is 3.00. The molecule has 2 aromatic rings. The Kier molecular flexibility index (Phi) is 7.19. The number of benzene rings is 2. The Bertz CT molecular complexity index is 900. The minimum Gasteiger partial charge on any atom is -0.493 e. The van der Waals surface area contributed by atoms with Crippen molar-refractivity contribution in [1.29, 1.82) is 0 Å². The van der Waals surface area contributed by atoms with Crippen LogP contribution in [0.3, 0.4) is 0 Å². The van der Waals surface area contributed by atoms with Gasteiger partial charge >= 0.3 is 0 Å². The lowest BCUT2D eigenvalue weighted by Gasteiger charge is -2.12. The zero-order chi connectivity index (χ0) is 19.9. The Hall–Kier alpha value is -2.22. The molecule has 2 aromatic carbocycles. The summed E-state index contributed by atoms with van der Waals surface area (Å²) in [7, 11) is 1.58. The highest BCUT2D eigenvalue weighted by atomic mass is 35.5. The molecule has 146 valence electrons. The van der Waals surface area contributed by atoms with Gasteiger partial charge in [0.15, 0.2) is 11.5 Å². The second kappa shape index (κ2) is 9.82. The molecule has 5 nitrogen and oxygen atoms in total. The van der Waals surface area contributed by atoms with Crippen LogP contribution >= 0.6 is 35.6 Å². The maximum absolute atomic E-state index is 11.8. The van der Waals surface area contributed by atoms with Crippen LogP contribution in [0.25, 0.3) is 6.08 Å². The minimum atomic E-state index is -0.185. The molecule has 1 fully saturated rings. The van der Waals surface area contributed by atoms with Gasteiger partial charge in [0, 0.05) is 11.4 Å². The number of carbonyl (C=O) groups is 1. The Labute approximate surface area is 178 Å². The third kappa shape index (κ3) is 5.64. The third-order valence-corrected chi connectivity index (χ3v) is 5.17. The molecular weight excluding hydrogens is 418 g/mol. The molecule has 1 aliphatic heterocycles. The molecule has 0 aliphatic carbocycles. The van der Waals surface area contributed by atoms with Gasteiger partial charge in [-0.05, 0) is 48.0 Å². The Balaban J connectivity index is 1.52. The molecule has 0 unspecified atom stereocenters. The highest BCUT2D eigenvalue weighted by Crippen LogP contribution is 2.31. The highest BCUT2D eigenvalue weighted by Gasteiger charge is 2.22. The van der Waals surface area contributed by atoms with Crippen LogP contribution in [0.2, 0.25) is 5.02 Å². The summed E-state index contributed by atoms with van der Waals surface area (Å²) in [5.41, 5.74) is 0.831. The summed E-state index contributed by atoms with van der Waals surface area (Å²) in [6.45, 7) is 1.01. The average molecular weight is 436 g/mol. The summed E-state index contributed by atoms with van der Waals surface area (Å²) >= 11 is 12.1. The Morgan fingerprint density at radius 2 is 1.86 bits per heavy atom. The molecule has 0 spiro atoms. The first kappa shape index (κ1) is 20.5. The van der Waals surface area contributed by atoms with E-state index in [1.807, 2.05) is 30.3 Å². The lowest BCUT2D eigenvalue weighted by atomic mass is 10.2. The van der Waals surface area contributed by atoms with Crippen molar-refractivity contribution in [2.45, 2.75) is 6.42 Å². The maximum Gasteiger partial charge on any atom is 0.263 e. The van der Waals surface area contributed by atoms with Crippen molar-refractivity contribution in [2.75, 3.05) is 20.3 Å². The first-order valence-electron chi connectivity index (χ1n) is 8.49. The number of thioether (sulfide) groups is 1. The van der Waals surface area contributed by atoms with Crippen molar-refractivity contribution in [1.82, 2.24) is 5.32 Å². The standard InChI is InChI=1S/C20H18ClNO4S2/c1-24-17-11-13(12-18-19(23)22-20(27)28-18)3-8-16(17)26-10-2-9-25-15-6-4-14(21)5-7-15/h3-8,11-12H,2,9-10H2,1H3,(H,22,23,27)/b18-12+. The zero-order valence-corrected chi connectivity index (χ0v) is 17.5. The van der Waals surface area contributed by atoms with Crippen molar-refractivity contribution in [3.05, 3.63) is 58.0 Å². The van der Waals surface area contributed by atoms with Gasteiger partial charge in [0.25, 0.3) is 5.91 Å². The van der Waals surface area contributed by atoms with Gasteiger partial charge in [-0.25, -0.2) is 0 Å². The number of ether oxygens (including phenoxy) is 3. The fourth-order valence-electron chi connectivity index (χ4n) is 2.43. The van der Waals surface area contributed by atoms with E-state index in [9.17, 15) is 4.79 Å². The van der Waals surface area contributed by atoms with Gasteiger partial charge in [-0.2, -0.15) is 0 Å². The summed E-state index contributed by atoms with van der Waals surface area (Å²) < 4.78 is 17.3. The van der Waals surface area contributed by atoms with Gasteiger partial charge in [-0.3, -0.25) is 4.79 Å². The zero-order valence-electron chi connectivity index (χ0n) is 15.1. The van der Waals surface area contributed by atoms with E-state index in [-0.39, 0.29) is 5.91 Å². The second-order valence-corrected chi connectivity index (χ2v) is 7.92. The van der Waals surface area contributed by atoms with E-state index in [2.05, 4.69) is 5.32 Å². The topological polar surface area (TPSA) is 56.8 Å². The molecule has 1 amide bonds. The van der Waals surface area contributed by atoms with Gasteiger partial charge in [-0.1, -0.05) is 41.6 Å². The largest absolute Gasteiger partial charge is 0.493 e. The molecule has 0 bridgehead atoms. The molecular formula is C20H18ClNO4S2. The molecule has 0 atom stereocenters. The second-order valence-electron chi connectivity index (χ2n) is 5.77. The van der Waals surface area contributed by atoms with E-state index in [1.54, 1.807) is 25.3 Å². The number of thiocarbonyl (C=S) groups is 1. The number of rotatable bonds is 8. The van der Waals surface area contributed by atoms with Crippen LogP contribution in [-0.2, 0) is 4.79 Å². The molecule has 8 heteroatoms. The van der Waals surface area contributed by atoms with Gasteiger partial charge in [-0.15, -0.1) is 0 Å². The lowest BCUT2D eigenvalue weighted by molar-refractivity contribution is -0.115. The molecule has 1 N–H and O–H groups in total. The maximum atomic E-state index is 11.8. The monoisotopic (exact) mass is 435 g/mol. The normalized spacial score (nSPS) is 14.9. The van der Waals surface area contributed by atoms with E-state index >= 15 is 0 Å². The SMILES string of the molecule is COc1cc(/C=C2/SC(=S)NC2=O)ccc1OCCCOc1ccc(Cl)cc1. The molecule has 1 heterocycles. The van der Waals surface area contributed by atoms with Crippen molar-refractivity contribution in [3.63, 3.8) is 0 Å². The lowest BCUT2D eigenvalue weighted by Crippen LogP contribution is -2.17. The van der Waals surface area contributed by atoms with Crippen molar-refractivity contribution in [3.8, 4) is 17.2 Å². The summed E-state index contributed by atoms with van der Waals surface area (Å²) in [5.74, 6) is 1.82. The molecule has 1 saturated heterocycles. The van der Waals surface area contributed by atoms with Crippen LogP contribution in [0, 0.1) is 0 Å². The molecule has 0 radical (unpaired) electrons. The Morgan fingerprint density at radius 3 is 2.54 bits per heavy atom. The summed E-state index contributed by atoms with van der Waals surface area (Å²) in [6, 6.07) is 12.7. The predicted molar refractivity (Wildman–Crippen MR) is 116 cm³/mol. The number of amides is 1. The number of hydrogen-bond donors (Lipinski definition) is 1. The number of halogens is 1. The van der Waals surface area contributed by atoms with E-state index in [1.165, 1.54) is 11.8 Å². The van der Waals surface area contributed by atoms with Gasteiger partial charge in [0.2, 0.25) is 0 Å². The fraction of sp³-hybridized carbons (Fsp3) is 0.200. The van der Waals surface area contributed by atoms with Gasteiger partial charge < -0.3 is 19.5 Å². The molecule has 1 aliphatic rings. The van der Waals surface area contributed by atoms with Crippen molar-refractivity contribution in [2.24, 2.45) is 0 Å². The van der Waals surface area contributed by atoms with E-state index in [0.29, 0.717) is 45.4 Å². The van der Waals surface area contributed by atoms with Gasteiger partial charge in [0.1, 0.15) is 10.1 Å². The van der Waals surface area contributed by atoms with Crippen molar-refractivity contribution < 1.29 is 19.0 Å². The van der Waals surface area contributed by atoms with Crippen molar-refractivity contribution >= 4 is 51.9 Å². The molecule has 0 aromatic heterocycles. The van der Waals surface area contributed by atoms with Crippen LogP contribution in [0.5, 0.6) is 17.2 Å².